The molecule has 0 bridgehead atoms. The van der Waals surface area contributed by atoms with Gasteiger partial charge in [0.15, 0.2) is 13.9 Å². The number of hydrogen-bond acceptors (Lipinski definition) is 1. The van der Waals surface area contributed by atoms with E-state index >= 15 is 0 Å². The number of hydrogen-bond donors (Lipinski definition) is 0. The fourth-order valence-corrected chi connectivity index (χ4v) is 2.29. The van der Waals surface area contributed by atoms with E-state index in [4.69, 9.17) is 16.0 Å². The average Bonchev–Trinajstić information content (AvgIpc) is 1.83. The highest BCUT2D eigenvalue weighted by molar-refractivity contribution is 6.74. The van der Waals surface area contributed by atoms with E-state index < -0.39 is 13.9 Å². The fourth-order valence-electron chi connectivity index (χ4n) is 0.578. The molecule has 0 aliphatic carbocycles. The lowest BCUT2D eigenvalue weighted by molar-refractivity contribution is 0.302. The van der Waals surface area contributed by atoms with Gasteiger partial charge in [0.2, 0.25) is 0 Å². The van der Waals surface area contributed by atoms with Crippen LogP contribution in [0.3, 0.4) is 0 Å². The third-order valence-electron chi connectivity index (χ3n) is 2.46. The summed E-state index contributed by atoms with van der Waals surface area (Å²) in [6, 6.07) is 0. The van der Waals surface area contributed by atoms with Gasteiger partial charge in [0.25, 0.3) is 0 Å². The number of rotatable bonds is 2. The van der Waals surface area contributed by atoms with Crippen LogP contribution < -0.4 is 0 Å². The Bertz CT molecular complexity index is 219. The molecular formula is C10H19ClOSi. The summed E-state index contributed by atoms with van der Waals surface area (Å²) in [6.45, 7) is 12.6. The van der Waals surface area contributed by atoms with Crippen molar-refractivity contribution in [3.8, 4) is 11.8 Å². The highest BCUT2D eigenvalue weighted by atomic mass is 35.5. The van der Waals surface area contributed by atoms with Gasteiger partial charge in [-0.2, -0.15) is 0 Å². The first-order valence-electron chi connectivity index (χ1n) is 4.45. The zero-order valence-corrected chi connectivity index (χ0v) is 11.1. The summed E-state index contributed by atoms with van der Waals surface area (Å²) in [5, 5.41) is 0.190. The molecule has 0 rings (SSSR count). The molecule has 1 atom stereocenters. The topological polar surface area (TPSA) is 9.23 Å². The van der Waals surface area contributed by atoms with Crippen molar-refractivity contribution < 1.29 is 4.43 Å². The first-order chi connectivity index (χ1) is 5.70. The molecule has 0 spiro atoms. The van der Waals surface area contributed by atoms with E-state index in [2.05, 4.69) is 45.7 Å². The Morgan fingerprint density at radius 2 is 1.77 bits per heavy atom. The maximum Gasteiger partial charge on any atom is 0.195 e. The molecule has 0 N–H and O–H groups in total. The smallest absolute Gasteiger partial charge is 0.195 e. The van der Waals surface area contributed by atoms with Gasteiger partial charge in [-0.05, 0) is 25.1 Å². The minimum Gasteiger partial charge on any atom is -0.392 e. The van der Waals surface area contributed by atoms with Crippen LogP contribution in [0.5, 0.6) is 0 Å². The first kappa shape index (κ1) is 13.0. The number of alkyl halides is 1. The summed E-state index contributed by atoms with van der Waals surface area (Å²) in [6.07, 6.45) is 0. The molecule has 0 saturated carbocycles. The highest BCUT2D eigenvalue weighted by Crippen LogP contribution is 2.37. The predicted octanol–water partition coefficient (Wildman–Crippen LogP) is 3.60. The van der Waals surface area contributed by atoms with Crippen LogP contribution in [0.2, 0.25) is 18.1 Å². The molecule has 1 nitrogen and oxygen atoms in total. The third-order valence-corrected chi connectivity index (χ3v) is 7.25. The Kier molecular flexibility index (Phi) is 4.51. The SMILES string of the molecule is CC#CC(Cl)O[Si](C)(C)C(C)(C)C. The van der Waals surface area contributed by atoms with E-state index in [1.54, 1.807) is 6.92 Å². The van der Waals surface area contributed by atoms with Crippen molar-refractivity contribution in [3.63, 3.8) is 0 Å². The van der Waals surface area contributed by atoms with Crippen molar-refractivity contribution in [2.45, 2.75) is 51.4 Å². The third kappa shape index (κ3) is 4.17. The van der Waals surface area contributed by atoms with Crippen molar-refractivity contribution in [3.05, 3.63) is 0 Å². The van der Waals surface area contributed by atoms with Crippen LogP contribution in [0.4, 0.5) is 0 Å². The van der Waals surface area contributed by atoms with E-state index in [1.165, 1.54) is 0 Å². The first-order valence-corrected chi connectivity index (χ1v) is 7.79. The van der Waals surface area contributed by atoms with Gasteiger partial charge in [0.05, 0.1) is 0 Å². The highest BCUT2D eigenvalue weighted by Gasteiger charge is 2.38. The molecule has 0 aromatic rings. The molecule has 76 valence electrons. The Labute approximate surface area is 87.9 Å². The summed E-state index contributed by atoms with van der Waals surface area (Å²) in [4.78, 5) is 0. The molecule has 13 heavy (non-hydrogen) atoms. The maximum atomic E-state index is 5.91. The predicted molar refractivity (Wildman–Crippen MR) is 61.4 cm³/mol. The van der Waals surface area contributed by atoms with Crippen LogP contribution in [0.1, 0.15) is 27.7 Å². The molecule has 0 aromatic heterocycles. The molecule has 0 aromatic carbocycles. The Morgan fingerprint density at radius 1 is 1.31 bits per heavy atom. The van der Waals surface area contributed by atoms with Gasteiger partial charge < -0.3 is 4.43 Å². The molecule has 0 fully saturated rings. The van der Waals surface area contributed by atoms with Crippen molar-refractivity contribution in [2.24, 2.45) is 0 Å². The zero-order chi connectivity index (χ0) is 10.7. The van der Waals surface area contributed by atoms with Crippen molar-refractivity contribution in [1.29, 1.82) is 0 Å². The summed E-state index contributed by atoms with van der Waals surface area (Å²) in [5.74, 6) is 5.56. The van der Waals surface area contributed by atoms with Crippen LogP contribution in [-0.2, 0) is 4.43 Å². The van der Waals surface area contributed by atoms with Gasteiger partial charge in [0, 0.05) is 0 Å². The molecule has 0 radical (unpaired) electrons. The standard InChI is InChI=1S/C10H19ClOSi/c1-7-8-9(11)12-13(5,6)10(2,3)4/h9H,1-6H3. The fraction of sp³-hybridized carbons (Fsp3) is 0.800. The molecule has 3 heteroatoms. The van der Waals surface area contributed by atoms with Crippen LogP contribution in [-0.4, -0.2) is 13.9 Å². The molecule has 0 saturated heterocycles. The Balaban J connectivity index is 4.39. The van der Waals surface area contributed by atoms with E-state index in [1.807, 2.05) is 0 Å². The summed E-state index contributed by atoms with van der Waals surface area (Å²) in [5.41, 5.74) is -0.453. The summed E-state index contributed by atoms with van der Waals surface area (Å²) >= 11 is 5.91. The lowest BCUT2D eigenvalue weighted by atomic mass is 10.2. The van der Waals surface area contributed by atoms with E-state index in [0.29, 0.717) is 0 Å². The minimum absolute atomic E-state index is 0.190. The van der Waals surface area contributed by atoms with Crippen LogP contribution >= 0.6 is 11.6 Å². The quantitative estimate of drug-likeness (QED) is 0.391. The largest absolute Gasteiger partial charge is 0.392 e. The zero-order valence-electron chi connectivity index (χ0n) is 9.36. The van der Waals surface area contributed by atoms with E-state index in [9.17, 15) is 0 Å². The van der Waals surface area contributed by atoms with E-state index in [-0.39, 0.29) is 5.04 Å². The minimum atomic E-state index is -1.74. The molecule has 0 aliphatic heterocycles. The van der Waals surface area contributed by atoms with Crippen molar-refractivity contribution in [2.75, 3.05) is 0 Å². The van der Waals surface area contributed by atoms with Gasteiger partial charge in [0.1, 0.15) is 0 Å². The summed E-state index contributed by atoms with van der Waals surface area (Å²) in [7, 11) is -1.74. The summed E-state index contributed by atoms with van der Waals surface area (Å²) < 4.78 is 5.77. The second kappa shape index (κ2) is 4.50. The Morgan fingerprint density at radius 3 is 2.08 bits per heavy atom. The van der Waals surface area contributed by atoms with Gasteiger partial charge >= 0.3 is 0 Å². The van der Waals surface area contributed by atoms with Crippen molar-refractivity contribution >= 4 is 19.9 Å². The molecule has 0 heterocycles. The van der Waals surface area contributed by atoms with Crippen molar-refractivity contribution in [1.82, 2.24) is 0 Å². The normalized spacial score (nSPS) is 14.7. The van der Waals surface area contributed by atoms with Crippen LogP contribution in [0, 0.1) is 11.8 Å². The second-order valence-corrected chi connectivity index (χ2v) is 9.74. The van der Waals surface area contributed by atoms with Gasteiger partial charge in [-0.15, -0.1) is 5.92 Å². The molecular weight excluding hydrogens is 200 g/mol. The molecule has 0 amide bonds. The monoisotopic (exact) mass is 218 g/mol. The lowest BCUT2D eigenvalue weighted by Crippen LogP contribution is -2.42. The lowest BCUT2D eigenvalue weighted by Gasteiger charge is -2.36. The molecule has 1 unspecified atom stereocenters. The van der Waals surface area contributed by atoms with Gasteiger partial charge in [-0.25, -0.2) is 0 Å². The van der Waals surface area contributed by atoms with Gasteiger partial charge in [-0.3, -0.25) is 0 Å². The van der Waals surface area contributed by atoms with Crippen LogP contribution in [0.15, 0.2) is 0 Å². The van der Waals surface area contributed by atoms with Gasteiger partial charge in [-0.1, -0.05) is 38.3 Å². The maximum absolute atomic E-state index is 5.91. The van der Waals surface area contributed by atoms with E-state index in [0.717, 1.165) is 0 Å². The molecule has 0 aliphatic rings. The van der Waals surface area contributed by atoms with Crippen LogP contribution in [0.25, 0.3) is 0 Å². The second-order valence-electron chi connectivity index (χ2n) is 4.59. The number of halogens is 1. The Hall–Kier alpha value is 0.0269. The average molecular weight is 219 g/mol.